The first-order chi connectivity index (χ1) is 14.7. The van der Waals surface area contributed by atoms with E-state index in [4.69, 9.17) is 19.4 Å². The highest BCUT2D eigenvalue weighted by molar-refractivity contribution is 6.32. The van der Waals surface area contributed by atoms with Gasteiger partial charge in [0.05, 0.1) is 27.9 Å². The van der Waals surface area contributed by atoms with Gasteiger partial charge in [-0.2, -0.15) is 10.4 Å². The third-order valence-electron chi connectivity index (χ3n) is 4.27. The second-order valence-electron chi connectivity index (χ2n) is 7.08. The zero-order chi connectivity index (χ0) is 22.7. The number of benzene rings is 1. The van der Waals surface area contributed by atoms with Crippen molar-refractivity contribution in [3.63, 3.8) is 0 Å². The summed E-state index contributed by atoms with van der Waals surface area (Å²) in [6.07, 6.45) is 1.51. The number of nitriles is 1. The van der Waals surface area contributed by atoms with E-state index in [1.807, 2.05) is 19.9 Å². The molecule has 2 radical (unpaired) electrons. The van der Waals surface area contributed by atoms with E-state index in [0.29, 0.717) is 11.1 Å². The number of hydrogen-bond acceptors (Lipinski definition) is 5. The van der Waals surface area contributed by atoms with E-state index >= 15 is 0 Å². The quantitative estimate of drug-likeness (QED) is 0.601. The molecule has 0 saturated heterocycles. The number of nitrogens with zero attached hydrogens (tertiary/aromatic N) is 4. The molecule has 8 nitrogen and oxygen atoms in total. The number of carbonyl (C=O) groups is 2. The number of amides is 2. The maximum atomic E-state index is 13.1. The number of rotatable bonds is 5. The first-order valence-corrected chi connectivity index (χ1v) is 9.72. The smallest absolute Gasteiger partial charge is 0.274 e. The molecule has 10 heteroatoms. The number of aromatic nitrogens is 3. The minimum atomic E-state index is -0.572. The first kappa shape index (κ1) is 22.1. The van der Waals surface area contributed by atoms with Gasteiger partial charge in [-0.25, -0.2) is 9.67 Å². The molecule has 31 heavy (non-hydrogen) atoms. The lowest BCUT2D eigenvalue weighted by Gasteiger charge is -2.16. The van der Waals surface area contributed by atoms with Crippen LogP contribution in [0.5, 0.6) is 0 Å². The molecule has 0 atom stereocenters. The van der Waals surface area contributed by atoms with E-state index in [-0.39, 0.29) is 39.4 Å². The van der Waals surface area contributed by atoms with Crippen molar-refractivity contribution in [1.82, 2.24) is 20.1 Å². The Hall–Kier alpha value is -3.64. The Bertz CT molecular complexity index is 1220. The largest absolute Gasteiger partial charge is 0.350 e. The van der Waals surface area contributed by atoms with Gasteiger partial charge < -0.3 is 10.6 Å². The fourth-order valence-electron chi connectivity index (χ4n) is 2.97. The first-order valence-electron chi connectivity index (χ1n) is 9.34. The van der Waals surface area contributed by atoms with Crippen LogP contribution in [0.4, 0.5) is 5.69 Å². The number of aryl methyl sites for hydroxylation is 1. The van der Waals surface area contributed by atoms with Crippen molar-refractivity contribution in [2.45, 2.75) is 26.8 Å². The van der Waals surface area contributed by atoms with Crippen molar-refractivity contribution in [2.24, 2.45) is 0 Å². The number of hydrogen-bond donors (Lipinski definition) is 2. The summed E-state index contributed by atoms with van der Waals surface area (Å²) < 4.78 is 1.24. The lowest BCUT2D eigenvalue weighted by Crippen LogP contribution is -2.31. The van der Waals surface area contributed by atoms with Crippen LogP contribution in [0.1, 0.15) is 45.8 Å². The summed E-state index contributed by atoms with van der Waals surface area (Å²) in [4.78, 5) is 30.0. The van der Waals surface area contributed by atoms with Gasteiger partial charge >= 0.3 is 0 Å². The third kappa shape index (κ3) is 4.76. The van der Waals surface area contributed by atoms with Gasteiger partial charge in [0, 0.05) is 17.8 Å². The van der Waals surface area contributed by atoms with Crippen molar-refractivity contribution in [1.29, 1.82) is 5.26 Å². The zero-order valence-corrected chi connectivity index (χ0v) is 17.9. The van der Waals surface area contributed by atoms with Gasteiger partial charge in [-0.15, -0.1) is 0 Å². The molecule has 2 aromatic heterocycles. The minimum Gasteiger partial charge on any atom is -0.350 e. The maximum absolute atomic E-state index is 13.1. The molecule has 2 amide bonds. The monoisotopic (exact) mass is 432 g/mol. The summed E-state index contributed by atoms with van der Waals surface area (Å²) in [5.41, 5.74) is 1.49. The third-order valence-corrected chi connectivity index (χ3v) is 4.56. The van der Waals surface area contributed by atoms with Gasteiger partial charge in [0.1, 0.15) is 13.5 Å². The second-order valence-corrected chi connectivity index (χ2v) is 7.49. The van der Waals surface area contributed by atoms with Crippen LogP contribution >= 0.6 is 11.6 Å². The summed E-state index contributed by atoms with van der Waals surface area (Å²) in [5.74, 6) is -0.746. The van der Waals surface area contributed by atoms with Crippen LogP contribution in [-0.2, 0) is 0 Å². The van der Waals surface area contributed by atoms with E-state index in [2.05, 4.69) is 20.7 Å². The average Bonchev–Trinajstić information content (AvgIpc) is 3.10. The molecule has 0 spiro atoms. The highest BCUT2D eigenvalue weighted by Crippen LogP contribution is 2.25. The van der Waals surface area contributed by atoms with E-state index in [9.17, 15) is 14.9 Å². The molecule has 1 aromatic carbocycles. The normalized spacial score (nSPS) is 10.6. The number of carbonyl (C=O) groups excluding carboxylic acids is 2. The second kappa shape index (κ2) is 9.02. The van der Waals surface area contributed by atoms with Gasteiger partial charge in [-0.1, -0.05) is 11.6 Å². The van der Waals surface area contributed by atoms with Gasteiger partial charge in [0.2, 0.25) is 0 Å². The Morgan fingerprint density at radius 1 is 1.26 bits per heavy atom. The topological polar surface area (TPSA) is 113 Å². The summed E-state index contributed by atoms with van der Waals surface area (Å²) in [6, 6.07) is 9.56. The van der Waals surface area contributed by atoms with Crippen molar-refractivity contribution in [3.05, 3.63) is 63.9 Å². The Morgan fingerprint density at radius 3 is 2.65 bits per heavy atom. The van der Waals surface area contributed by atoms with Crippen LogP contribution in [0, 0.1) is 18.3 Å². The minimum absolute atomic E-state index is 0.0806. The van der Waals surface area contributed by atoms with Crippen molar-refractivity contribution in [3.8, 4) is 11.9 Å². The fourth-order valence-corrected chi connectivity index (χ4v) is 3.17. The molecule has 0 aliphatic carbocycles. The number of pyridine rings is 1. The molecule has 0 aliphatic heterocycles. The van der Waals surface area contributed by atoms with Crippen LogP contribution in [0.25, 0.3) is 5.82 Å². The predicted octanol–water partition coefficient (Wildman–Crippen LogP) is 2.29. The van der Waals surface area contributed by atoms with Crippen LogP contribution < -0.4 is 16.2 Å². The summed E-state index contributed by atoms with van der Waals surface area (Å²) in [7, 11) is 5.82. The molecular formula is C21H18BClN6O2. The van der Waals surface area contributed by atoms with Gasteiger partial charge in [0.15, 0.2) is 5.82 Å². The molecule has 2 heterocycles. The lowest BCUT2D eigenvalue weighted by atomic mass is 10.0. The Labute approximate surface area is 185 Å². The Balaban J connectivity index is 2.05. The van der Waals surface area contributed by atoms with E-state index in [0.717, 1.165) is 0 Å². The summed E-state index contributed by atoms with van der Waals surface area (Å²) >= 11 is 6.20. The summed E-state index contributed by atoms with van der Waals surface area (Å²) in [6.45, 7) is 5.33. The van der Waals surface area contributed by atoms with Crippen molar-refractivity contribution >= 4 is 42.5 Å². The molecule has 3 aromatic rings. The highest BCUT2D eigenvalue weighted by atomic mass is 35.5. The fraction of sp³-hybridized carbons (Fsp3) is 0.190. The molecule has 154 valence electrons. The standard InChI is InChI=1S/C21H18BClN6O2/c1-11(2)26-20(30)14-8-13(10-24)7-12(3)18(14)27-21(31)16-9-17(22)28-29(16)19-15(23)5-4-6-25-19/h4-9,11H,1-3H3,(H,26,30)(H,27,31). The Kier molecular flexibility index (Phi) is 6.42. The molecule has 0 saturated carbocycles. The SMILES string of the molecule is [B]c1cc(C(=O)Nc2c(C)cc(C#N)cc2C(=O)NC(C)C)n(-c2ncccc2Cl)n1. The molecule has 0 bridgehead atoms. The van der Waals surface area contributed by atoms with E-state index < -0.39 is 11.8 Å². The molecule has 0 unspecified atom stereocenters. The lowest BCUT2D eigenvalue weighted by molar-refractivity contribution is 0.0944. The van der Waals surface area contributed by atoms with Gasteiger partial charge in [-0.05, 0) is 56.7 Å². The van der Waals surface area contributed by atoms with Crippen LogP contribution in [0.15, 0.2) is 36.5 Å². The molecule has 0 fully saturated rings. The zero-order valence-electron chi connectivity index (χ0n) is 17.1. The van der Waals surface area contributed by atoms with Crippen molar-refractivity contribution < 1.29 is 9.59 Å². The summed E-state index contributed by atoms with van der Waals surface area (Å²) in [5, 5.41) is 19.2. The van der Waals surface area contributed by atoms with Crippen LogP contribution in [0.2, 0.25) is 5.02 Å². The number of halogens is 1. The Morgan fingerprint density at radius 2 is 2.00 bits per heavy atom. The van der Waals surface area contributed by atoms with Crippen LogP contribution in [0.3, 0.4) is 0 Å². The molecular weight excluding hydrogens is 415 g/mol. The van der Waals surface area contributed by atoms with Crippen LogP contribution in [-0.4, -0.2) is 40.5 Å². The van der Waals surface area contributed by atoms with E-state index in [1.165, 1.54) is 23.0 Å². The number of anilines is 1. The number of nitrogens with one attached hydrogen (secondary N) is 2. The van der Waals surface area contributed by atoms with Gasteiger partial charge in [0.25, 0.3) is 11.8 Å². The molecule has 3 rings (SSSR count). The van der Waals surface area contributed by atoms with Crippen molar-refractivity contribution in [2.75, 3.05) is 5.32 Å². The predicted molar refractivity (Wildman–Crippen MR) is 118 cm³/mol. The van der Waals surface area contributed by atoms with Gasteiger partial charge in [-0.3, -0.25) is 9.59 Å². The van der Waals surface area contributed by atoms with E-state index in [1.54, 1.807) is 25.1 Å². The highest BCUT2D eigenvalue weighted by Gasteiger charge is 2.22. The molecule has 2 N–H and O–H groups in total. The average molecular weight is 433 g/mol. The molecule has 0 aliphatic rings. The maximum Gasteiger partial charge on any atom is 0.274 e.